The van der Waals surface area contributed by atoms with Crippen molar-refractivity contribution in [3.63, 3.8) is 0 Å². The number of hydrogen-bond acceptors (Lipinski definition) is 6. The number of ether oxygens (including phenoxy) is 2. The van der Waals surface area contributed by atoms with Crippen molar-refractivity contribution in [3.05, 3.63) is 82.3 Å². The standard InChI is InChI=1S/C24H25N3O4S/c1-17(26-23(28)22-13-25-16-32-22)19-7-9-20(10-8-19)31-21-11-12-27(14-21)24(29)30-15-18-5-3-2-4-6-18/h2-10,13,16-17,21H,11-12,14-15H2,1H3,(H,26,28). The lowest BCUT2D eigenvalue weighted by atomic mass is 10.1. The topological polar surface area (TPSA) is 80.8 Å². The van der Waals surface area contributed by atoms with Gasteiger partial charge >= 0.3 is 6.09 Å². The number of likely N-dealkylation sites (tertiary alicyclic amines) is 1. The van der Waals surface area contributed by atoms with Crippen molar-refractivity contribution in [1.82, 2.24) is 15.2 Å². The molecule has 0 saturated carbocycles. The minimum atomic E-state index is -0.319. The Bertz CT molecular complexity index is 1030. The van der Waals surface area contributed by atoms with Gasteiger partial charge in [0.25, 0.3) is 5.91 Å². The largest absolute Gasteiger partial charge is 0.489 e. The van der Waals surface area contributed by atoms with Gasteiger partial charge in [0.2, 0.25) is 0 Å². The Morgan fingerprint density at radius 2 is 1.97 bits per heavy atom. The minimum Gasteiger partial charge on any atom is -0.489 e. The molecule has 1 N–H and O–H groups in total. The van der Waals surface area contributed by atoms with Gasteiger partial charge in [-0.2, -0.15) is 0 Å². The van der Waals surface area contributed by atoms with Crippen LogP contribution in [0.1, 0.15) is 40.2 Å². The van der Waals surface area contributed by atoms with Crippen molar-refractivity contribution in [2.24, 2.45) is 0 Å². The van der Waals surface area contributed by atoms with Crippen LogP contribution in [-0.4, -0.2) is 41.1 Å². The molecule has 1 aromatic heterocycles. The highest BCUT2D eigenvalue weighted by Crippen LogP contribution is 2.22. The molecule has 1 aliphatic rings. The van der Waals surface area contributed by atoms with Gasteiger partial charge in [0.05, 0.1) is 24.3 Å². The second-order valence-electron chi connectivity index (χ2n) is 7.64. The lowest BCUT2D eigenvalue weighted by Gasteiger charge is -2.18. The fourth-order valence-corrected chi connectivity index (χ4v) is 4.03. The number of thiazole rings is 1. The van der Waals surface area contributed by atoms with E-state index in [0.717, 1.165) is 23.3 Å². The molecule has 0 spiro atoms. The normalized spacial score (nSPS) is 16.4. The first-order valence-corrected chi connectivity index (χ1v) is 11.4. The highest BCUT2D eigenvalue weighted by molar-refractivity contribution is 7.11. The fourth-order valence-electron chi connectivity index (χ4n) is 3.51. The maximum atomic E-state index is 12.3. The van der Waals surface area contributed by atoms with E-state index in [9.17, 15) is 9.59 Å². The Morgan fingerprint density at radius 1 is 1.19 bits per heavy atom. The first-order valence-electron chi connectivity index (χ1n) is 10.5. The van der Waals surface area contributed by atoms with Crippen LogP contribution in [0.3, 0.4) is 0 Å². The number of hydrogen-bond donors (Lipinski definition) is 1. The fraction of sp³-hybridized carbons (Fsp3) is 0.292. The molecule has 4 rings (SSSR count). The summed E-state index contributed by atoms with van der Waals surface area (Å²) in [4.78, 5) is 30.7. The van der Waals surface area contributed by atoms with Gasteiger partial charge in [-0.15, -0.1) is 11.3 Å². The van der Waals surface area contributed by atoms with E-state index in [0.29, 0.717) is 18.0 Å². The number of rotatable bonds is 7. The first-order chi connectivity index (χ1) is 15.6. The van der Waals surface area contributed by atoms with Crippen molar-refractivity contribution in [3.8, 4) is 5.75 Å². The number of benzene rings is 2. The maximum absolute atomic E-state index is 12.3. The number of amides is 2. The van der Waals surface area contributed by atoms with Gasteiger partial charge in [-0.25, -0.2) is 4.79 Å². The van der Waals surface area contributed by atoms with E-state index in [2.05, 4.69) is 10.3 Å². The summed E-state index contributed by atoms with van der Waals surface area (Å²) in [6.45, 7) is 3.30. The lowest BCUT2D eigenvalue weighted by Crippen LogP contribution is -2.31. The van der Waals surface area contributed by atoms with Crippen molar-refractivity contribution >= 4 is 23.3 Å². The van der Waals surface area contributed by atoms with E-state index in [1.165, 1.54) is 11.3 Å². The molecule has 0 bridgehead atoms. The number of aromatic nitrogens is 1. The smallest absolute Gasteiger partial charge is 0.410 e. The summed E-state index contributed by atoms with van der Waals surface area (Å²) in [6.07, 6.45) is 1.92. The molecule has 1 saturated heterocycles. The summed E-state index contributed by atoms with van der Waals surface area (Å²) in [6, 6.07) is 17.1. The van der Waals surface area contributed by atoms with Gasteiger partial charge in [0, 0.05) is 13.0 Å². The molecule has 2 amide bonds. The number of carbonyl (C=O) groups excluding carboxylic acids is 2. The predicted octanol–water partition coefficient (Wildman–Crippen LogP) is 4.42. The summed E-state index contributed by atoms with van der Waals surface area (Å²) in [5.74, 6) is 0.602. The molecule has 0 aliphatic carbocycles. The summed E-state index contributed by atoms with van der Waals surface area (Å²) < 4.78 is 11.5. The summed E-state index contributed by atoms with van der Waals surface area (Å²) in [7, 11) is 0. The lowest BCUT2D eigenvalue weighted by molar-refractivity contribution is 0.0942. The summed E-state index contributed by atoms with van der Waals surface area (Å²) in [5, 5.41) is 2.97. The van der Waals surface area contributed by atoms with E-state index in [1.807, 2.05) is 61.5 Å². The van der Waals surface area contributed by atoms with Crippen LogP contribution >= 0.6 is 11.3 Å². The molecule has 2 aromatic carbocycles. The van der Waals surface area contributed by atoms with Gasteiger partial charge < -0.3 is 19.7 Å². The third kappa shape index (κ3) is 5.64. The van der Waals surface area contributed by atoms with E-state index < -0.39 is 0 Å². The van der Waals surface area contributed by atoms with Crippen LogP contribution in [0.2, 0.25) is 0 Å². The summed E-state index contributed by atoms with van der Waals surface area (Å²) in [5.41, 5.74) is 3.58. The molecule has 166 valence electrons. The Hall–Kier alpha value is -3.39. The molecule has 1 fully saturated rings. The second-order valence-corrected chi connectivity index (χ2v) is 8.53. The highest BCUT2D eigenvalue weighted by Gasteiger charge is 2.28. The highest BCUT2D eigenvalue weighted by atomic mass is 32.1. The molecule has 2 unspecified atom stereocenters. The SMILES string of the molecule is CC(NC(=O)c1cncs1)c1ccc(OC2CCN(C(=O)OCc3ccccc3)C2)cc1. The average molecular weight is 452 g/mol. The van der Waals surface area contributed by atoms with Gasteiger partial charge in [-0.3, -0.25) is 9.78 Å². The summed E-state index contributed by atoms with van der Waals surface area (Å²) >= 11 is 1.31. The predicted molar refractivity (Wildman–Crippen MR) is 122 cm³/mol. The zero-order valence-corrected chi connectivity index (χ0v) is 18.6. The minimum absolute atomic E-state index is 0.0754. The molecule has 2 atom stereocenters. The first kappa shape index (κ1) is 21.8. The van der Waals surface area contributed by atoms with E-state index in [-0.39, 0.29) is 30.8 Å². The molecule has 2 heterocycles. The molecular weight excluding hydrogens is 426 g/mol. The maximum Gasteiger partial charge on any atom is 0.410 e. The Balaban J connectivity index is 1.24. The van der Waals surface area contributed by atoms with E-state index in [4.69, 9.17) is 9.47 Å². The van der Waals surface area contributed by atoms with Crippen molar-refractivity contribution in [2.45, 2.75) is 32.1 Å². The number of nitrogens with zero attached hydrogens (tertiary/aromatic N) is 2. The Morgan fingerprint density at radius 3 is 2.69 bits per heavy atom. The third-order valence-electron chi connectivity index (χ3n) is 5.29. The van der Waals surface area contributed by atoms with Crippen LogP contribution in [0, 0.1) is 0 Å². The second kappa shape index (κ2) is 10.3. The number of nitrogens with one attached hydrogen (secondary N) is 1. The van der Waals surface area contributed by atoms with Crippen LogP contribution in [-0.2, 0) is 11.3 Å². The van der Waals surface area contributed by atoms with Crippen LogP contribution in [0.25, 0.3) is 0 Å². The Labute approximate surface area is 191 Å². The zero-order valence-electron chi connectivity index (χ0n) is 17.8. The Kier molecular flexibility index (Phi) is 7.01. The molecule has 7 nitrogen and oxygen atoms in total. The molecule has 3 aromatic rings. The monoisotopic (exact) mass is 451 g/mol. The van der Waals surface area contributed by atoms with Crippen LogP contribution < -0.4 is 10.1 Å². The van der Waals surface area contributed by atoms with Gasteiger partial charge in [0.15, 0.2) is 0 Å². The molecule has 32 heavy (non-hydrogen) atoms. The van der Waals surface area contributed by atoms with Gasteiger partial charge in [-0.1, -0.05) is 42.5 Å². The van der Waals surface area contributed by atoms with Crippen LogP contribution in [0.15, 0.2) is 66.3 Å². The van der Waals surface area contributed by atoms with E-state index >= 15 is 0 Å². The van der Waals surface area contributed by atoms with Crippen molar-refractivity contribution in [1.29, 1.82) is 0 Å². The van der Waals surface area contributed by atoms with Crippen molar-refractivity contribution < 1.29 is 19.1 Å². The van der Waals surface area contributed by atoms with Crippen LogP contribution in [0.4, 0.5) is 4.79 Å². The van der Waals surface area contributed by atoms with Gasteiger partial charge in [0.1, 0.15) is 23.3 Å². The van der Waals surface area contributed by atoms with E-state index in [1.54, 1.807) is 16.6 Å². The molecule has 0 radical (unpaired) electrons. The number of carbonyl (C=O) groups is 2. The van der Waals surface area contributed by atoms with Gasteiger partial charge in [-0.05, 0) is 30.2 Å². The zero-order chi connectivity index (χ0) is 22.3. The van der Waals surface area contributed by atoms with Crippen molar-refractivity contribution in [2.75, 3.05) is 13.1 Å². The molecule has 1 aliphatic heterocycles. The molecular formula is C24H25N3O4S. The quantitative estimate of drug-likeness (QED) is 0.575. The van der Waals surface area contributed by atoms with Crippen LogP contribution in [0.5, 0.6) is 5.75 Å². The third-order valence-corrected chi connectivity index (χ3v) is 6.07. The molecule has 8 heteroatoms. The average Bonchev–Trinajstić information content (AvgIpc) is 3.51.